The van der Waals surface area contributed by atoms with Crippen molar-refractivity contribution >= 4 is 34.5 Å². The van der Waals surface area contributed by atoms with Crippen LogP contribution in [0, 0.1) is 6.92 Å². The highest BCUT2D eigenvalue weighted by molar-refractivity contribution is 8.16. The zero-order valence-corrected chi connectivity index (χ0v) is 21.6. The highest BCUT2D eigenvalue weighted by Gasteiger charge is 2.41. The van der Waals surface area contributed by atoms with Gasteiger partial charge in [0, 0.05) is 11.4 Å². The zero-order chi connectivity index (χ0) is 25.1. The SMILES string of the molecule is CCOC(=O)C1=C(C)N=C2SC=C(CC(=O)Nc3ccc(C(C)C)cc3)N2[C@H]1c1ccccc1C. The summed E-state index contributed by atoms with van der Waals surface area (Å²) in [7, 11) is 0. The third kappa shape index (κ3) is 5.20. The topological polar surface area (TPSA) is 71.0 Å². The number of fused-ring (bicyclic) bond motifs is 1. The van der Waals surface area contributed by atoms with E-state index in [0.29, 0.717) is 17.2 Å². The number of esters is 1. The molecule has 1 atom stereocenters. The molecule has 0 spiro atoms. The number of amidine groups is 1. The molecule has 2 aromatic rings. The van der Waals surface area contributed by atoms with E-state index >= 15 is 0 Å². The molecule has 2 aliphatic heterocycles. The summed E-state index contributed by atoms with van der Waals surface area (Å²) in [6.07, 6.45) is 0.162. The smallest absolute Gasteiger partial charge is 0.338 e. The van der Waals surface area contributed by atoms with Gasteiger partial charge in [0.05, 0.1) is 30.3 Å². The van der Waals surface area contributed by atoms with Crippen LogP contribution in [0.4, 0.5) is 5.69 Å². The number of amides is 1. The van der Waals surface area contributed by atoms with Gasteiger partial charge >= 0.3 is 5.97 Å². The molecular weight excluding hydrogens is 458 g/mol. The number of benzene rings is 2. The van der Waals surface area contributed by atoms with Gasteiger partial charge in [-0.05, 0) is 60.9 Å². The maximum atomic E-state index is 13.1. The molecule has 7 heteroatoms. The van der Waals surface area contributed by atoms with Crippen molar-refractivity contribution in [3.8, 4) is 0 Å². The second-order valence-corrected chi connectivity index (χ2v) is 9.81. The van der Waals surface area contributed by atoms with Crippen molar-refractivity contribution in [2.24, 2.45) is 4.99 Å². The zero-order valence-electron chi connectivity index (χ0n) is 20.8. The minimum atomic E-state index is -0.415. The molecule has 0 aromatic heterocycles. The van der Waals surface area contributed by atoms with Crippen LogP contribution in [0.3, 0.4) is 0 Å². The van der Waals surface area contributed by atoms with Crippen LogP contribution in [0.5, 0.6) is 0 Å². The standard InChI is InChI=1S/C28H31N3O3S/c1-6-34-27(33)25-19(5)29-28-31(26(25)23-10-8-7-9-18(23)4)22(16-35-28)15-24(32)30-21-13-11-20(12-14-21)17(2)3/h7-14,16-17,26H,6,15H2,1-5H3,(H,30,32)/t26-/m0/s1. The van der Waals surface area contributed by atoms with Gasteiger partial charge in [-0.25, -0.2) is 9.79 Å². The van der Waals surface area contributed by atoms with Gasteiger partial charge in [0.1, 0.15) is 0 Å². The van der Waals surface area contributed by atoms with Crippen molar-refractivity contribution in [2.75, 3.05) is 11.9 Å². The quantitative estimate of drug-likeness (QED) is 0.463. The van der Waals surface area contributed by atoms with E-state index < -0.39 is 6.04 Å². The molecule has 1 amide bonds. The van der Waals surface area contributed by atoms with E-state index in [9.17, 15) is 9.59 Å². The number of allylic oxidation sites excluding steroid dienone is 1. The highest BCUT2D eigenvalue weighted by atomic mass is 32.2. The van der Waals surface area contributed by atoms with Crippen molar-refractivity contribution in [3.05, 3.63) is 87.6 Å². The number of carbonyl (C=O) groups is 2. The van der Waals surface area contributed by atoms with E-state index in [0.717, 1.165) is 27.7 Å². The van der Waals surface area contributed by atoms with E-state index in [1.54, 1.807) is 6.92 Å². The Labute approximate surface area is 211 Å². The van der Waals surface area contributed by atoms with Gasteiger partial charge in [0.25, 0.3) is 0 Å². The number of rotatable bonds is 7. The van der Waals surface area contributed by atoms with Crippen molar-refractivity contribution in [1.82, 2.24) is 4.90 Å². The number of carbonyl (C=O) groups excluding carboxylic acids is 2. The lowest BCUT2D eigenvalue weighted by Crippen LogP contribution is -2.37. The Bertz CT molecular complexity index is 1230. The van der Waals surface area contributed by atoms with E-state index in [1.807, 2.05) is 72.7 Å². The molecule has 6 nitrogen and oxygen atoms in total. The first-order valence-electron chi connectivity index (χ1n) is 11.9. The summed E-state index contributed by atoms with van der Waals surface area (Å²) in [6, 6.07) is 15.5. The average molecular weight is 490 g/mol. The Morgan fingerprint density at radius 2 is 1.83 bits per heavy atom. The highest BCUT2D eigenvalue weighted by Crippen LogP contribution is 2.45. The van der Waals surface area contributed by atoms with Crippen LogP contribution >= 0.6 is 11.8 Å². The van der Waals surface area contributed by atoms with Gasteiger partial charge in [-0.2, -0.15) is 0 Å². The number of nitrogens with one attached hydrogen (secondary N) is 1. The van der Waals surface area contributed by atoms with Crippen LogP contribution in [0.1, 0.15) is 62.8 Å². The molecular formula is C28H31N3O3S. The number of anilines is 1. The van der Waals surface area contributed by atoms with Gasteiger partial charge in [-0.3, -0.25) is 4.79 Å². The molecule has 2 heterocycles. The van der Waals surface area contributed by atoms with Crippen LogP contribution in [-0.4, -0.2) is 28.6 Å². The molecule has 0 fully saturated rings. The number of thioether (sulfide) groups is 1. The number of hydrogen-bond donors (Lipinski definition) is 1. The average Bonchev–Trinajstić information content (AvgIpc) is 3.20. The van der Waals surface area contributed by atoms with Crippen molar-refractivity contribution < 1.29 is 14.3 Å². The summed E-state index contributed by atoms with van der Waals surface area (Å²) in [6.45, 7) is 10.2. The second kappa shape index (κ2) is 10.5. The Hall–Kier alpha value is -3.32. The number of nitrogens with zero attached hydrogens (tertiary/aromatic N) is 2. The molecule has 1 N–H and O–H groups in total. The fourth-order valence-corrected chi connectivity index (χ4v) is 5.31. The fourth-order valence-electron chi connectivity index (χ4n) is 4.35. The van der Waals surface area contributed by atoms with Gasteiger partial charge in [0.15, 0.2) is 5.17 Å². The summed E-state index contributed by atoms with van der Waals surface area (Å²) < 4.78 is 5.42. The lowest BCUT2D eigenvalue weighted by atomic mass is 9.91. The van der Waals surface area contributed by atoms with Crippen molar-refractivity contribution in [2.45, 2.75) is 53.0 Å². The molecule has 2 aliphatic rings. The molecule has 0 saturated heterocycles. The number of aryl methyl sites for hydroxylation is 1. The summed E-state index contributed by atoms with van der Waals surface area (Å²) in [5.74, 6) is -0.0735. The first-order valence-corrected chi connectivity index (χ1v) is 12.7. The Morgan fingerprint density at radius 1 is 1.11 bits per heavy atom. The van der Waals surface area contributed by atoms with Crippen LogP contribution in [0.25, 0.3) is 0 Å². The minimum absolute atomic E-state index is 0.122. The molecule has 4 rings (SSSR count). The number of hydrogen-bond acceptors (Lipinski definition) is 6. The third-order valence-electron chi connectivity index (χ3n) is 6.18. The van der Waals surface area contributed by atoms with Crippen LogP contribution in [0.15, 0.2) is 75.9 Å². The molecule has 0 aliphatic carbocycles. The number of aliphatic imine (C=N–C) groups is 1. The van der Waals surface area contributed by atoms with E-state index in [-0.39, 0.29) is 24.9 Å². The summed E-state index contributed by atoms with van der Waals surface area (Å²) >= 11 is 1.47. The Morgan fingerprint density at radius 3 is 2.49 bits per heavy atom. The third-order valence-corrected chi connectivity index (χ3v) is 7.07. The molecule has 35 heavy (non-hydrogen) atoms. The predicted molar refractivity (Wildman–Crippen MR) is 142 cm³/mol. The predicted octanol–water partition coefficient (Wildman–Crippen LogP) is 6.29. The first kappa shape index (κ1) is 24.8. The van der Waals surface area contributed by atoms with Gasteiger partial charge in [-0.1, -0.05) is 62.0 Å². The van der Waals surface area contributed by atoms with Crippen molar-refractivity contribution in [1.29, 1.82) is 0 Å². The van der Waals surface area contributed by atoms with Crippen LogP contribution in [-0.2, 0) is 14.3 Å². The first-order chi connectivity index (χ1) is 16.8. The largest absolute Gasteiger partial charge is 0.463 e. The second-order valence-electron chi connectivity index (χ2n) is 8.97. The monoisotopic (exact) mass is 489 g/mol. The molecule has 0 saturated carbocycles. The lowest BCUT2D eigenvalue weighted by molar-refractivity contribution is -0.139. The van der Waals surface area contributed by atoms with E-state index in [2.05, 4.69) is 19.2 Å². The van der Waals surface area contributed by atoms with Gasteiger partial charge < -0.3 is 15.0 Å². The maximum absolute atomic E-state index is 13.1. The van der Waals surface area contributed by atoms with Crippen LogP contribution in [0.2, 0.25) is 0 Å². The van der Waals surface area contributed by atoms with Crippen molar-refractivity contribution in [3.63, 3.8) is 0 Å². The number of ether oxygens (including phenoxy) is 1. The van der Waals surface area contributed by atoms with Gasteiger partial charge in [-0.15, -0.1) is 0 Å². The maximum Gasteiger partial charge on any atom is 0.338 e. The fraction of sp³-hybridized carbons (Fsp3) is 0.321. The summed E-state index contributed by atoms with van der Waals surface area (Å²) in [4.78, 5) is 32.8. The normalized spacial score (nSPS) is 17.2. The van der Waals surface area contributed by atoms with Gasteiger partial charge in [0.2, 0.25) is 5.91 Å². The minimum Gasteiger partial charge on any atom is -0.463 e. The van der Waals surface area contributed by atoms with Crippen LogP contribution < -0.4 is 5.32 Å². The molecule has 2 aromatic carbocycles. The van der Waals surface area contributed by atoms with E-state index in [1.165, 1.54) is 17.3 Å². The lowest BCUT2D eigenvalue weighted by Gasteiger charge is -2.37. The van der Waals surface area contributed by atoms with E-state index in [4.69, 9.17) is 9.73 Å². The molecule has 0 bridgehead atoms. The summed E-state index contributed by atoms with van der Waals surface area (Å²) in [5, 5.41) is 5.71. The molecule has 0 unspecified atom stereocenters. The Balaban J connectivity index is 1.62. The summed E-state index contributed by atoms with van der Waals surface area (Å²) in [5.41, 5.74) is 5.97. The Kier molecular flexibility index (Phi) is 7.45. The molecule has 182 valence electrons. The molecule has 0 radical (unpaired) electrons.